The molecular formula is C16H27N3O. The fourth-order valence-corrected chi connectivity index (χ4v) is 1.99. The van der Waals surface area contributed by atoms with Gasteiger partial charge in [0.05, 0.1) is 13.2 Å². The number of hydrogen-bond acceptors (Lipinski definition) is 2. The fraction of sp³-hybridized carbons (Fsp3) is 0.562. The zero-order valence-corrected chi connectivity index (χ0v) is 13.6. The van der Waals surface area contributed by atoms with Crippen LogP contribution in [0, 0.1) is 6.92 Å². The summed E-state index contributed by atoms with van der Waals surface area (Å²) in [7, 11) is 8.03. The second-order valence-corrected chi connectivity index (χ2v) is 5.34. The predicted molar refractivity (Wildman–Crippen MR) is 85.5 cm³/mol. The SMILES string of the molecule is CCCOc1ccc(CN=C(N(C)C)N(C)C)c(C)c1. The maximum atomic E-state index is 5.64. The molecule has 0 aliphatic heterocycles. The van der Waals surface area contributed by atoms with Crippen molar-refractivity contribution in [3.63, 3.8) is 0 Å². The summed E-state index contributed by atoms with van der Waals surface area (Å²) in [6.07, 6.45) is 1.03. The van der Waals surface area contributed by atoms with Gasteiger partial charge in [-0.2, -0.15) is 0 Å². The zero-order valence-electron chi connectivity index (χ0n) is 13.6. The van der Waals surface area contributed by atoms with Crippen molar-refractivity contribution in [1.82, 2.24) is 9.80 Å². The average Bonchev–Trinajstić information content (AvgIpc) is 2.37. The molecule has 0 aliphatic rings. The van der Waals surface area contributed by atoms with E-state index in [1.807, 2.05) is 44.1 Å². The summed E-state index contributed by atoms with van der Waals surface area (Å²) >= 11 is 0. The molecule has 1 aromatic rings. The molecule has 0 atom stereocenters. The highest BCUT2D eigenvalue weighted by molar-refractivity contribution is 5.79. The van der Waals surface area contributed by atoms with Crippen molar-refractivity contribution in [2.75, 3.05) is 34.8 Å². The maximum Gasteiger partial charge on any atom is 0.195 e. The van der Waals surface area contributed by atoms with Crippen LogP contribution in [-0.2, 0) is 6.54 Å². The molecule has 1 rings (SSSR count). The maximum absolute atomic E-state index is 5.64. The van der Waals surface area contributed by atoms with Crippen LogP contribution in [0.25, 0.3) is 0 Å². The molecule has 0 amide bonds. The molecule has 20 heavy (non-hydrogen) atoms. The number of guanidine groups is 1. The van der Waals surface area contributed by atoms with E-state index in [-0.39, 0.29) is 0 Å². The van der Waals surface area contributed by atoms with E-state index in [1.165, 1.54) is 11.1 Å². The van der Waals surface area contributed by atoms with E-state index < -0.39 is 0 Å². The third kappa shape index (κ3) is 4.76. The number of nitrogens with zero attached hydrogens (tertiary/aromatic N) is 3. The fourth-order valence-electron chi connectivity index (χ4n) is 1.99. The Kier molecular flexibility index (Phi) is 6.36. The number of ether oxygens (including phenoxy) is 1. The van der Waals surface area contributed by atoms with Crippen LogP contribution in [-0.4, -0.2) is 50.6 Å². The Hall–Kier alpha value is -1.71. The van der Waals surface area contributed by atoms with E-state index in [1.54, 1.807) is 0 Å². The van der Waals surface area contributed by atoms with Gasteiger partial charge in [-0.25, -0.2) is 4.99 Å². The topological polar surface area (TPSA) is 28.1 Å². The van der Waals surface area contributed by atoms with Crippen molar-refractivity contribution in [2.24, 2.45) is 4.99 Å². The highest BCUT2D eigenvalue weighted by atomic mass is 16.5. The number of benzene rings is 1. The van der Waals surface area contributed by atoms with Gasteiger partial charge in [0.25, 0.3) is 0 Å². The molecule has 1 aromatic carbocycles. The number of aryl methyl sites for hydroxylation is 1. The standard InChI is InChI=1S/C16H27N3O/c1-7-10-20-15-9-8-14(13(2)11-15)12-17-16(18(3)4)19(5)6/h8-9,11H,7,10,12H2,1-6H3. The first-order chi connectivity index (χ1) is 9.45. The summed E-state index contributed by atoms with van der Waals surface area (Å²) < 4.78 is 5.64. The zero-order chi connectivity index (χ0) is 15.1. The van der Waals surface area contributed by atoms with Gasteiger partial charge in [0.1, 0.15) is 5.75 Å². The monoisotopic (exact) mass is 277 g/mol. The normalized spacial score (nSPS) is 10.1. The number of hydrogen-bond donors (Lipinski definition) is 0. The summed E-state index contributed by atoms with van der Waals surface area (Å²) in [5.41, 5.74) is 2.45. The minimum Gasteiger partial charge on any atom is -0.494 e. The van der Waals surface area contributed by atoms with Gasteiger partial charge in [0.15, 0.2) is 5.96 Å². The van der Waals surface area contributed by atoms with Crippen LogP contribution in [0.2, 0.25) is 0 Å². The van der Waals surface area contributed by atoms with Gasteiger partial charge in [-0.15, -0.1) is 0 Å². The lowest BCUT2D eigenvalue weighted by atomic mass is 10.1. The Morgan fingerprint density at radius 3 is 2.30 bits per heavy atom. The average molecular weight is 277 g/mol. The predicted octanol–water partition coefficient (Wildman–Crippen LogP) is 2.76. The van der Waals surface area contributed by atoms with Crippen LogP contribution in [0.15, 0.2) is 23.2 Å². The van der Waals surface area contributed by atoms with Crippen molar-refractivity contribution in [1.29, 1.82) is 0 Å². The van der Waals surface area contributed by atoms with E-state index in [0.29, 0.717) is 6.54 Å². The number of rotatable bonds is 5. The Bertz CT molecular complexity index is 443. The first kappa shape index (κ1) is 16.3. The lowest BCUT2D eigenvalue weighted by molar-refractivity contribution is 0.317. The van der Waals surface area contributed by atoms with Crippen LogP contribution in [0.4, 0.5) is 0 Å². The molecule has 0 aromatic heterocycles. The smallest absolute Gasteiger partial charge is 0.195 e. The van der Waals surface area contributed by atoms with E-state index in [4.69, 9.17) is 4.74 Å². The van der Waals surface area contributed by atoms with Crippen molar-refractivity contribution in [3.05, 3.63) is 29.3 Å². The molecule has 0 saturated heterocycles. The minimum absolute atomic E-state index is 0.686. The highest BCUT2D eigenvalue weighted by Crippen LogP contribution is 2.18. The van der Waals surface area contributed by atoms with Gasteiger partial charge >= 0.3 is 0 Å². The molecule has 4 nitrogen and oxygen atoms in total. The van der Waals surface area contributed by atoms with Crippen LogP contribution in [0.3, 0.4) is 0 Å². The summed E-state index contributed by atoms with van der Waals surface area (Å²) in [6, 6.07) is 6.22. The lowest BCUT2D eigenvalue weighted by Crippen LogP contribution is -2.35. The Morgan fingerprint density at radius 1 is 1.15 bits per heavy atom. The van der Waals surface area contributed by atoms with E-state index in [9.17, 15) is 0 Å². The van der Waals surface area contributed by atoms with Crippen molar-refractivity contribution >= 4 is 5.96 Å². The first-order valence-corrected chi connectivity index (χ1v) is 7.07. The van der Waals surface area contributed by atoms with Crippen LogP contribution in [0.5, 0.6) is 5.75 Å². The van der Waals surface area contributed by atoms with Crippen LogP contribution in [0.1, 0.15) is 24.5 Å². The van der Waals surface area contributed by atoms with Gasteiger partial charge in [-0.1, -0.05) is 13.0 Å². The molecule has 0 unspecified atom stereocenters. The molecular weight excluding hydrogens is 250 g/mol. The molecule has 0 bridgehead atoms. The quantitative estimate of drug-likeness (QED) is 0.612. The van der Waals surface area contributed by atoms with Crippen LogP contribution < -0.4 is 4.74 Å². The minimum atomic E-state index is 0.686. The molecule has 0 radical (unpaired) electrons. The van der Waals surface area contributed by atoms with Gasteiger partial charge in [0, 0.05) is 28.2 Å². The van der Waals surface area contributed by atoms with Crippen molar-refractivity contribution < 1.29 is 4.74 Å². The molecule has 0 heterocycles. The Labute approximate surface area is 123 Å². The van der Waals surface area contributed by atoms with Gasteiger partial charge in [-0.3, -0.25) is 0 Å². The summed E-state index contributed by atoms with van der Waals surface area (Å²) in [4.78, 5) is 8.72. The van der Waals surface area contributed by atoms with Crippen molar-refractivity contribution in [2.45, 2.75) is 26.8 Å². The van der Waals surface area contributed by atoms with Gasteiger partial charge < -0.3 is 14.5 Å². The van der Waals surface area contributed by atoms with Crippen molar-refractivity contribution in [3.8, 4) is 5.75 Å². The van der Waals surface area contributed by atoms with Gasteiger partial charge in [0.2, 0.25) is 0 Å². The molecule has 0 spiro atoms. The largest absolute Gasteiger partial charge is 0.494 e. The second-order valence-electron chi connectivity index (χ2n) is 5.34. The van der Waals surface area contributed by atoms with E-state index in [2.05, 4.69) is 31.0 Å². The lowest BCUT2D eigenvalue weighted by Gasteiger charge is -2.22. The second kappa shape index (κ2) is 7.78. The molecule has 0 N–H and O–H groups in total. The number of aliphatic imine (C=N–C) groups is 1. The Balaban J connectivity index is 2.80. The molecule has 4 heteroatoms. The van der Waals surface area contributed by atoms with E-state index in [0.717, 1.165) is 24.7 Å². The Morgan fingerprint density at radius 2 is 1.80 bits per heavy atom. The van der Waals surface area contributed by atoms with E-state index >= 15 is 0 Å². The van der Waals surface area contributed by atoms with Crippen LogP contribution >= 0.6 is 0 Å². The van der Waals surface area contributed by atoms with Gasteiger partial charge in [-0.05, 0) is 36.6 Å². The summed E-state index contributed by atoms with van der Waals surface area (Å²) in [5, 5.41) is 0. The molecule has 0 fully saturated rings. The molecule has 0 saturated carbocycles. The first-order valence-electron chi connectivity index (χ1n) is 7.07. The third-order valence-electron chi connectivity index (χ3n) is 2.98. The molecule has 112 valence electrons. The molecule has 0 aliphatic carbocycles. The summed E-state index contributed by atoms with van der Waals surface area (Å²) in [5.74, 6) is 1.91. The third-order valence-corrected chi connectivity index (χ3v) is 2.98. The highest BCUT2D eigenvalue weighted by Gasteiger charge is 2.05. The summed E-state index contributed by atoms with van der Waals surface area (Å²) in [6.45, 7) is 5.67.